The maximum Gasteiger partial charge on any atom is 0.238 e. The number of hydrogen-bond acceptors (Lipinski definition) is 5. The lowest BCUT2D eigenvalue weighted by Crippen LogP contribution is -2.38. The quantitative estimate of drug-likeness (QED) is 0.619. The first-order chi connectivity index (χ1) is 9.30. The predicted octanol–water partition coefficient (Wildman–Crippen LogP) is 1.02. The van der Waals surface area contributed by atoms with Crippen molar-refractivity contribution in [3.8, 4) is 0 Å². The topological polar surface area (TPSA) is 118 Å². The van der Waals surface area contributed by atoms with Gasteiger partial charge in [-0.1, -0.05) is 19.3 Å². The molecule has 0 amide bonds. The van der Waals surface area contributed by atoms with E-state index in [1.54, 1.807) is 6.07 Å². The summed E-state index contributed by atoms with van der Waals surface area (Å²) >= 11 is 0. The molecule has 1 aliphatic rings. The molecule has 7 heteroatoms. The predicted molar refractivity (Wildman–Crippen MR) is 78.8 cm³/mol. The summed E-state index contributed by atoms with van der Waals surface area (Å²) in [6.45, 7) is 0.409. The average Bonchev–Trinajstić information content (AvgIpc) is 2.37. The maximum absolute atomic E-state index is 11.2. The van der Waals surface area contributed by atoms with Crippen LogP contribution in [0.15, 0.2) is 23.1 Å². The van der Waals surface area contributed by atoms with E-state index in [0.29, 0.717) is 17.9 Å². The molecule has 0 spiro atoms. The van der Waals surface area contributed by atoms with Crippen LogP contribution in [0.25, 0.3) is 0 Å². The number of hydrogen-bond donors (Lipinski definition) is 4. The van der Waals surface area contributed by atoms with Crippen molar-refractivity contribution >= 4 is 21.4 Å². The number of sulfonamides is 1. The monoisotopic (exact) mass is 299 g/mol. The molecule has 0 atom stereocenters. The molecule has 1 aromatic carbocycles. The Labute approximate surface area is 119 Å². The SMILES string of the molecule is Nc1cc(S(N)(=O)=O)ccc1NCC1(O)CCCCC1. The summed E-state index contributed by atoms with van der Waals surface area (Å²) in [5.41, 5.74) is 6.02. The second-order valence-corrected chi connectivity index (χ2v) is 6.99. The van der Waals surface area contributed by atoms with Gasteiger partial charge in [-0.25, -0.2) is 13.6 Å². The summed E-state index contributed by atoms with van der Waals surface area (Å²) in [5.74, 6) is 0. The minimum atomic E-state index is -3.75. The zero-order valence-corrected chi connectivity index (χ0v) is 12.1. The fourth-order valence-corrected chi connectivity index (χ4v) is 3.07. The molecule has 112 valence electrons. The van der Waals surface area contributed by atoms with E-state index in [9.17, 15) is 13.5 Å². The van der Waals surface area contributed by atoms with Crippen LogP contribution in [0.3, 0.4) is 0 Å². The van der Waals surface area contributed by atoms with Crippen molar-refractivity contribution in [2.75, 3.05) is 17.6 Å². The lowest BCUT2D eigenvalue weighted by Gasteiger charge is -2.32. The average molecular weight is 299 g/mol. The Morgan fingerprint density at radius 3 is 2.45 bits per heavy atom. The molecule has 1 saturated carbocycles. The molecule has 0 heterocycles. The van der Waals surface area contributed by atoms with E-state index in [4.69, 9.17) is 10.9 Å². The van der Waals surface area contributed by atoms with Crippen molar-refractivity contribution in [1.82, 2.24) is 0 Å². The Bertz CT molecular complexity index is 581. The second-order valence-electron chi connectivity index (χ2n) is 5.43. The standard InChI is InChI=1S/C13H21N3O3S/c14-11-8-10(20(15,18)19)4-5-12(11)16-9-13(17)6-2-1-3-7-13/h4-5,8,16-17H,1-3,6-7,9,14H2,(H2,15,18,19). The molecule has 1 aromatic rings. The van der Waals surface area contributed by atoms with Crippen LogP contribution in [0, 0.1) is 0 Å². The van der Waals surface area contributed by atoms with Crippen LogP contribution in [0.2, 0.25) is 0 Å². The van der Waals surface area contributed by atoms with Crippen LogP contribution in [-0.4, -0.2) is 25.7 Å². The van der Waals surface area contributed by atoms with Gasteiger partial charge in [-0.3, -0.25) is 0 Å². The zero-order chi connectivity index (χ0) is 14.8. The van der Waals surface area contributed by atoms with E-state index < -0.39 is 15.6 Å². The van der Waals surface area contributed by atoms with E-state index >= 15 is 0 Å². The Kier molecular flexibility index (Phi) is 4.22. The highest BCUT2D eigenvalue weighted by Crippen LogP contribution is 2.29. The largest absolute Gasteiger partial charge is 0.397 e. The Hall–Kier alpha value is -1.31. The molecule has 20 heavy (non-hydrogen) atoms. The Balaban J connectivity index is 2.07. The van der Waals surface area contributed by atoms with Crippen molar-refractivity contribution < 1.29 is 13.5 Å². The van der Waals surface area contributed by atoms with Crippen molar-refractivity contribution in [3.05, 3.63) is 18.2 Å². The first-order valence-corrected chi connectivity index (χ1v) is 8.23. The smallest absolute Gasteiger partial charge is 0.238 e. The molecular formula is C13H21N3O3S. The molecule has 0 unspecified atom stereocenters. The summed E-state index contributed by atoms with van der Waals surface area (Å²) in [6, 6.07) is 4.29. The van der Waals surface area contributed by atoms with E-state index in [2.05, 4.69) is 5.32 Å². The summed E-state index contributed by atoms with van der Waals surface area (Å²) in [7, 11) is -3.75. The van der Waals surface area contributed by atoms with Crippen LogP contribution in [0.5, 0.6) is 0 Å². The summed E-state index contributed by atoms with van der Waals surface area (Å²) < 4.78 is 22.4. The lowest BCUT2D eigenvalue weighted by atomic mass is 9.85. The van der Waals surface area contributed by atoms with E-state index in [1.807, 2.05) is 0 Å². The highest BCUT2D eigenvalue weighted by Gasteiger charge is 2.28. The fraction of sp³-hybridized carbons (Fsp3) is 0.538. The van der Waals surface area contributed by atoms with Crippen LogP contribution < -0.4 is 16.2 Å². The molecule has 0 saturated heterocycles. The van der Waals surface area contributed by atoms with Gasteiger partial charge in [-0.05, 0) is 31.0 Å². The number of anilines is 2. The minimum absolute atomic E-state index is 0.0167. The van der Waals surface area contributed by atoms with Crippen LogP contribution in [-0.2, 0) is 10.0 Å². The molecule has 0 bridgehead atoms. The zero-order valence-electron chi connectivity index (χ0n) is 11.3. The molecule has 0 aliphatic heterocycles. The number of nitrogens with one attached hydrogen (secondary N) is 1. The summed E-state index contributed by atoms with van der Waals surface area (Å²) in [6.07, 6.45) is 4.76. The van der Waals surface area contributed by atoms with Crippen molar-refractivity contribution in [2.45, 2.75) is 42.6 Å². The van der Waals surface area contributed by atoms with Gasteiger partial charge in [-0.2, -0.15) is 0 Å². The van der Waals surface area contributed by atoms with Crippen LogP contribution >= 0.6 is 0 Å². The third-order valence-electron chi connectivity index (χ3n) is 3.74. The van der Waals surface area contributed by atoms with Gasteiger partial charge < -0.3 is 16.2 Å². The molecule has 6 N–H and O–H groups in total. The van der Waals surface area contributed by atoms with Crippen molar-refractivity contribution in [3.63, 3.8) is 0 Å². The molecule has 6 nitrogen and oxygen atoms in total. The van der Waals surface area contributed by atoms with E-state index in [0.717, 1.165) is 32.1 Å². The number of rotatable bonds is 4. The first-order valence-electron chi connectivity index (χ1n) is 6.69. The third kappa shape index (κ3) is 3.62. The van der Waals surface area contributed by atoms with Gasteiger partial charge in [-0.15, -0.1) is 0 Å². The highest BCUT2D eigenvalue weighted by molar-refractivity contribution is 7.89. The van der Waals surface area contributed by atoms with Crippen molar-refractivity contribution in [2.24, 2.45) is 5.14 Å². The number of nitrogens with two attached hydrogens (primary N) is 2. The number of aliphatic hydroxyl groups is 1. The van der Waals surface area contributed by atoms with Gasteiger partial charge in [0.15, 0.2) is 0 Å². The lowest BCUT2D eigenvalue weighted by molar-refractivity contribution is 0.0167. The van der Waals surface area contributed by atoms with Gasteiger partial charge in [0.1, 0.15) is 0 Å². The van der Waals surface area contributed by atoms with Gasteiger partial charge >= 0.3 is 0 Å². The third-order valence-corrected chi connectivity index (χ3v) is 4.65. The molecular weight excluding hydrogens is 278 g/mol. The van der Waals surface area contributed by atoms with Crippen molar-refractivity contribution in [1.29, 1.82) is 0 Å². The minimum Gasteiger partial charge on any atom is -0.397 e. The molecule has 1 fully saturated rings. The van der Waals surface area contributed by atoms with Gasteiger partial charge in [0.05, 0.1) is 21.9 Å². The normalized spacial score (nSPS) is 18.7. The maximum atomic E-state index is 11.2. The highest BCUT2D eigenvalue weighted by atomic mass is 32.2. The Morgan fingerprint density at radius 1 is 1.25 bits per heavy atom. The van der Waals surface area contributed by atoms with Gasteiger partial charge in [0.2, 0.25) is 10.0 Å². The molecule has 2 rings (SSSR count). The van der Waals surface area contributed by atoms with E-state index in [1.165, 1.54) is 12.1 Å². The summed E-state index contributed by atoms with van der Waals surface area (Å²) in [5, 5.41) is 18.5. The first kappa shape index (κ1) is 15.1. The van der Waals surface area contributed by atoms with Crippen LogP contribution in [0.4, 0.5) is 11.4 Å². The molecule has 0 radical (unpaired) electrons. The number of nitrogen functional groups attached to an aromatic ring is 1. The fourth-order valence-electron chi connectivity index (χ4n) is 2.53. The molecule has 0 aromatic heterocycles. The summed E-state index contributed by atoms with van der Waals surface area (Å²) in [4.78, 5) is -0.0167. The Morgan fingerprint density at radius 2 is 1.90 bits per heavy atom. The number of benzene rings is 1. The van der Waals surface area contributed by atoms with Gasteiger partial charge in [0.25, 0.3) is 0 Å². The molecule has 1 aliphatic carbocycles. The number of primary sulfonamides is 1. The van der Waals surface area contributed by atoms with E-state index in [-0.39, 0.29) is 4.90 Å². The second kappa shape index (κ2) is 5.59. The van der Waals surface area contributed by atoms with Crippen LogP contribution in [0.1, 0.15) is 32.1 Å². The van der Waals surface area contributed by atoms with Gasteiger partial charge in [0, 0.05) is 6.54 Å².